The first-order chi connectivity index (χ1) is 41.5. The highest BCUT2D eigenvalue weighted by atomic mass is 27.3. The molecule has 7 amide bonds. The number of cyclic esters (lactones) is 1. The summed E-state index contributed by atoms with van der Waals surface area (Å²) in [6.07, 6.45) is -1.11. The lowest BCUT2D eigenvalue weighted by Gasteiger charge is -2.35. The molecule has 6 heterocycles. The number of nitrogens with zero attached hydrogens (tertiary/aromatic N) is 5. The molecule has 2 unspecified atom stereocenters. The second-order valence-electron chi connectivity index (χ2n) is 22.8. The lowest BCUT2D eigenvalue weighted by atomic mass is 9.96. The zero-order valence-electron chi connectivity index (χ0n) is 48.9. The van der Waals surface area contributed by atoms with Crippen LogP contribution < -0.4 is 36.8 Å². The van der Waals surface area contributed by atoms with Crippen molar-refractivity contribution in [3.05, 3.63) is 29.3 Å². The third kappa shape index (κ3) is 20.1. The molecule has 2 bridgehead atoms. The van der Waals surface area contributed by atoms with E-state index >= 15 is 0 Å². The minimum atomic E-state index is -3.93. The quantitative estimate of drug-likeness (QED) is 0.0244. The Labute approximate surface area is 506 Å². The number of hydrogen-bond acceptors (Lipinski definition) is 21. The zero-order valence-corrected chi connectivity index (χ0v) is 50.0. The molecular formula is C55H79AlFN11O19. The molecule has 0 saturated carbocycles. The number of ether oxygens (including phenoxy) is 2. The number of hydrogen-bond donors (Lipinski definition) is 9. The number of piperidine rings is 1. The van der Waals surface area contributed by atoms with Gasteiger partial charge in [-0.1, -0.05) is 38.5 Å². The van der Waals surface area contributed by atoms with Crippen LogP contribution in [0.15, 0.2) is 18.2 Å². The van der Waals surface area contributed by atoms with Crippen molar-refractivity contribution in [2.45, 2.75) is 127 Å². The zero-order chi connectivity index (χ0) is 62.9. The molecule has 32 heteroatoms. The number of anilines is 1. The van der Waals surface area contributed by atoms with Gasteiger partial charge in [0.05, 0.1) is 38.3 Å². The van der Waals surface area contributed by atoms with E-state index in [1.54, 1.807) is 19.9 Å². The maximum absolute atomic E-state index is 14.3. The van der Waals surface area contributed by atoms with Gasteiger partial charge < -0.3 is 72.7 Å². The summed E-state index contributed by atoms with van der Waals surface area (Å²) < 4.78 is 33.9. The first kappa shape index (κ1) is 67.6. The Kier molecular flexibility index (Phi) is 25.1. The molecule has 478 valence electrons. The van der Waals surface area contributed by atoms with Crippen molar-refractivity contribution >= 4 is 92.2 Å². The number of rotatable bonds is 26. The molecule has 6 aliphatic rings. The maximum atomic E-state index is 14.3. The van der Waals surface area contributed by atoms with Crippen molar-refractivity contribution in [3.8, 4) is 0 Å². The number of carboxylic acid groups (broad SMARTS) is 2. The summed E-state index contributed by atoms with van der Waals surface area (Å²) in [6.45, 7) is 6.99. The number of para-hydroxylation sites is 1. The molecule has 0 spiro atoms. The molecule has 0 aliphatic carbocycles. The minimum Gasteiger partial charge on any atom is -0.558 e. The van der Waals surface area contributed by atoms with E-state index in [2.05, 4.69) is 36.8 Å². The monoisotopic (exact) mass is 1240 g/mol. The largest absolute Gasteiger partial charge is 1.15 e. The first-order valence-electron chi connectivity index (χ1n) is 29.6. The second kappa shape index (κ2) is 32.4. The molecule has 0 aromatic heterocycles. The molecule has 7 rings (SSSR count). The van der Waals surface area contributed by atoms with Gasteiger partial charge in [0.15, 0.2) is 0 Å². The molecule has 87 heavy (non-hydrogen) atoms. The van der Waals surface area contributed by atoms with Crippen molar-refractivity contribution < 1.29 is 93.4 Å². The third-order valence-corrected chi connectivity index (χ3v) is 17.3. The number of fused-ring (bicyclic) bond motifs is 3. The van der Waals surface area contributed by atoms with Gasteiger partial charge in [-0.15, -0.1) is 0 Å². The van der Waals surface area contributed by atoms with E-state index in [9.17, 15) is 76.4 Å². The SMILES string of the molecule is CC[C@H](C)[C@H](NC(=O)COCCNC(=O)[C@@H](CCC(=O)O)NC(=O)[C@@H](CCC(=O)O)NC(=O)CN1CCC(CN2CCN3CCN(CC2)CC(=O)[O][Al]([F])[O]C(=O)C3)CC1)C(=O)N[C@H]1CCc2cccc3c2N(C1=O)[C@H](C(=O)N[C@H]1CC(=O)O[C@H]1O)C3. The fraction of sp³-hybridized carbons (Fsp3) is 0.673. The molecule has 9 N–H and O–H groups in total. The fourth-order valence-corrected chi connectivity index (χ4v) is 12.1. The highest BCUT2D eigenvalue weighted by Gasteiger charge is 2.47. The molecule has 30 nitrogen and oxygen atoms in total. The Balaban J connectivity index is 0.858. The fourth-order valence-electron chi connectivity index (χ4n) is 11.5. The van der Waals surface area contributed by atoms with Crippen LogP contribution in [0.2, 0.25) is 0 Å². The molecule has 6 aliphatic heterocycles. The van der Waals surface area contributed by atoms with E-state index in [1.807, 2.05) is 26.8 Å². The summed E-state index contributed by atoms with van der Waals surface area (Å²) in [5, 5.41) is 44.7. The number of likely N-dealkylation sites (tertiary alicyclic amines) is 1. The number of halogens is 1. The Bertz CT molecular complexity index is 2670. The van der Waals surface area contributed by atoms with Crippen LogP contribution >= 0.6 is 0 Å². The summed E-state index contributed by atoms with van der Waals surface area (Å²) in [7, 11) is 0. The van der Waals surface area contributed by atoms with Crippen LogP contribution in [-0.4, -0.2) is 262 Å². The number of amides is 7. The maximum Gasteiger partial charge on any atom is 1.15 e. The molecular weight excluding hydrogens is 1160 g/mol. The summed E-state index contributed by atoms with van der Waals surface area (Å²) in [5.74, 6) is -9.93. The van der Waals surface area contributed by atoms with Crippen molar-refractivity contribution in [1.82, 2.24) is 51.5 Å². The van der Waals surface area contributed by atoms with Crippen LogP contribution in [0.3, 0.4) is 0 Å². The Morgan fingerprint density at radius 2 is 1.36 bits per heavy atom. The molecule has 0 radical (unpaired) electrons. The highest BCUT2D eigenvalue weighted by molar-refractivity contribution is 6.41. The number of carboxylic acids is 2. The van der Waals surface area contributed by atoms with Gasteiger partial charge >= 0.3 is 33.2 Å². The van der Waals surface area contributed by atoms with Crippen molar-refractivity contribution in [2.75, 3.05) is 103 Å². The van der Waals surface area contributed by atoms with Gasteiger partial charge in [0, 0.05) is 71.6 Å². The van der Waals surface area contributed by atoms with E-state index < -0.39 is 154 Å². The number of benzene rings is 1. The van der Waals surface area contributed by atoms with Crippen LogP contribution in [0.5, 0.6) is 0 Å². The van der Waals surface area contributed by atoms with Crippen LogP contribution in [0.25, 0.3) is 0 Å². The first-order valence-corrected chi connectivity index (χ1v) is 30.9. The summed E-state index contributed by atoms with van der Waals surface area (Å²) in [6, 6.07) is -1.79. The smallest absolute Gasteiger partial charge is 0.558 e. The van der Waals surface area contributed by atoms with Gasteiger partial charge in [0.25, 0.3) is 11.9 Å². The number of aliphatic carboxylic acids is 2. The topological polar surface area (TPSA) is 391 Å². The number of nitrogens with one attached hydrogen (secondary N) is 6. The molecule has 4 fully saturated rings. The third-order valence-electron chi connectivity index (χ3n) is 16.4. The van der Waals surface area contributed by atoms with Gasteiger partial charge in [-0.2, -0.15) is 0 Å². The average molecular weight is 1240 g/mol. The van der Waals surface area contributed by atoms with E-state index in [4.69, 9.17) is 17.1 Å². The standard InChI is InChI=1S/C55H81N11O19.Al.FH/c1-3-32(2)48(53(81)59-38-8-7-34-5-4-6-35-25-40(66(49(34)35)54(38)82)52(80)60-39-26-47(77)85-55(39)83)61-42(68)31-84-24-15-56-50(78)36(9-11-43(69)70)58-51(79)37(10-12-44(71)72)57-41(67)28-62-16-13-33(14-17-62)27-63-18-20-64(29-45(73)74)22-23-65(21-19-63)30-46(75)76;;/h4-6,32-33,36-40,48,55,83H,3,7-31H2,1-2H3,(H,56,78)(H,57,67)(H,58,79)(H,59,81)(H,60,80)(H,61,68)(H,69,70)(H,71,72)(H,73,74)(H,75,76);;1H/q;+3;/p-3/t32-,36+,37+,38-,39-,40-,48-,55+;;/m0../s1. The van der Waals surface area contributed by atoms with E-state index in [1.165, 1.54) is 4.90 Å². The van der Waals surface area contributed by atoms with Gasteiger partial charge in [0.1, 0.15) is 42.9 Å². The van der Waals surface area contributed by atoms with Gasteiger partial charge in [-0.3, -0.25) is 77.1 Å². The second-order valence-corrected chi connectivity index (χ2v) is 23.8. The van der Waals surface area contributed by atoms with Crippen molar-refractivity contribution in [3.63, 3.8) is 0 Å². The lowest BCUT2D eigenvalue weighted by molar-refractivity contribution is -0.155. The molecule has 4 saturated heterocycles. The molecule has 1 aromatic rings. The van der Waals surface area contributed by atoms with E-state index in [-0.39, 0.29) is 70.8 Å². The number of aliphatic hydroxyl groups is 1. The predicted octanol–water partition coefficient (Wildman–Crippen LogP) is -3.83. The normalized spacial score (nSPS) is 24.3. The van der Waals surface area contributed by atoms with Crippen LogP contribution in [0.1, 0.15) is 82.8 Å². The summed E-state index contributed by atoms with van der Waals surface area (Å²) in [5.41, 5.74) is 2.06. The Morgan fingerprint density at radius 1 is 0.736 bits per heavy atom. The molecule has 1 aromatic carbocycles. The lowest BCUT2D eigenvalue weighted by Crippen LogP contribution is -2.59. The summed E-state index contributed by atoms with van der Waals surface area (Å²) in [4.78, 5) is 165. The van der Waals surface area contributed by atoms with Gasteiger partial charge in [-0.05, 0) is 74.6 Å². The average Bonchev–Trinajstić information content (AvgIpc) is 1.79. The Hall–Kier alpha value is -6.92. The number of carbonyl (C=O) groups excluding carboxylic acids is 10. The molecule has 10 atom stereocenters. The van der Waals surface area contributed by atoms with Gasteiger partial charge in [0.2, 0.25) is 47.6 Å². The minimum absolute atomic E-state index is 0.129. The van der Waals surface area contributed by atoms with E-state index in [0.29, 0.717) is 90.3 Å². The number of aliphatic hydroxyl groups excluding tert-OH is 1. The number of carbonyl (C=O) groups is 12. The summed E-state index contributed by atoms with van der Waals surface area (Å²) >= 11 is -3.93. The van der Waals surface area contributed by atoms with Gasteiger partial charge in [-0.25, -0.2) is 0 Å². The highest BCUT2D eigenvalue weighted by Crippen LogP contribution is 2.39. The van der Waals surface area contributed by atoms with Crippen LogP contribution in [-0.2, 0) is 87.4 Å². The Morgan fingerprint density at radius 3 is 1.97 bits per heavy atom. The van der Waals surface area contributed by atoms with E-state index in [0.717, 1.165) is 11.1 Å². The van der Waals surface area contributed by atoms with Crippen molar-refractivity contribution in [2.24, 2.45) is 11.8 Å². The number of aryl methyl sites for hydroxylation is 1. The van der Waals surface area contributed by atoms with Crippen molar-refractivity contribution in [1.29, 1.82) is 0 Å². The van der Waals surface area contributed by atoms with Crippen LogP contribution in [0.4, 0.5) is 9.21 Å². The predicted molar refractivity (Wildman–Crippen MR) is 301 cm³/mol. The number of esters is 1. The van der Waals surface area contributed by atoms with Crippen LogP contribution in [0, 0.1) is 11.8 Å².